The summed E-state index contributed by atoms with van der Waals surface area (Å²) in [6.07, 6.45) is 91.7. The fraction of sp³-hybridized carbons (Fsp3) is 0.857. The number of ether oxygens (including phenoxy) is 3. The summed E-state index contributed by atoms with van der Waals surface area (Å²) in [5.41, 5.74) is 0. The standard InChI is InChI=1S/C77H142O6/c1-4-7-10-13-16-19-22-24-26-28-30-32-34-36-38-39-40-42-43-45-47-49-51-53-55-58-61-64-67-70-76(79)82-73-74(72-81-75(78)69-66-63-60-57-21-18-15-12-9-6-3)83-77(80)71-68-65-62-59-56-54-52-50-48-46-44-41-37-35-33-31-29-27-25-23-20-17-14-11-8-5-2/h7,10,16,19,24,26,30,32,74H,4-6,8-9,11-15,17-18,20-23,25,27-29,31,33-73H2,1-3H3/b10-7-,19-16-,26-24-,32-30-. The van der Waals surface area contributed by atoms with Gasteiger partial charge in [0.1, 0.15) is 13.2 Å². The van der Waals surface area contributed by atoms with E-state index in [1.807, 2.05) is 0 Å². The van der Waals surface area contributed by atoms with Crippen LogP contribution in [0.25, 0.3) is 0 Å². The van der Waals surface area contributed by atoms with Crippen molar-refractivity contribution in [3.05, 3.63) is 48.6 Å². The third-order valence-corrected chi connectivity index (χ3v) is 16.8. The molecule has 0 saturated carbocycles. The summed E-state index contributed by atoms with van der Waals surface area (Å²) >= 11 is 0. The minimum atomic E-state index is -0.769. The first-order chi connectivity index (χ1) is 41.0. The van der Waals surface area contributed by atoms with Gasteiger partial charge in [0.05, 0.1) is 0 Å². The smallest absolute Gasteiger partial charge is 0.306 e. The second-order valence-electron chi connectivity index (χ2n) is 25.2. The zero-order valence-corrected chi connectivity index (χ0v) is 56.0. The second-order valence-corrected chi connectivity index (χ2v) is 25.2. The van der Waals surface area contributed by atoms with Gasteiger partial charge in [0.25, 0.3) is 0 Å². The first-order valence-corrected chi connectivity index (χ1v) is 37.1. The van der Waals surface area contributed by atoms with Gasteiger partial charge in [0.2, 0.25) is 0 Å². The molecule has 0 fully saturated rings. The molecule has 83 heavy (non-hydrogen) atoms. The molecule has 0 rings (SSSR count). The SMILES string of the molecule is CC/C=C\C/C=C\C/C=C\C/C=C\CCCCCCCCCCCCCCCCCCC(=O)OCC(COC(=O)CCCCCCCCCCCC)OC(=O)CCCCCCCCCCCCCCCCCCCCCCCCCCCC. The molecule has 1 atom stereocenters. The average Bonchev–Trinajstić information content (AvgIpc) is 3.49. The van der Waals surface area contributed by atoms with Gasteiger partial charge in [-0.1, -0.05) is 378 Å². The molecule has 6 heteroatoms. The van der Waals surface area contributed by atoms with Crippen molar-refractivity contribution in [1.82, 2.24) is 0 Å². The highest BCUT2D eigenvalue weighted by atomic mass is 16.6. The van der Waals surface area contributed by atoms with Gasteiger partial charge in [-0.05, 0) is 57.8 Å². The van der Waals surface area contributed by atoms with Crippen LogP contribution in [0, 0.1) is 0 Å². The first-order valence-electron chi connectivity index (χ1n) is 37.1. The van der Waals surface area contributed by atoms with Crippen molar-refractivity contribution in [2.45, 2.75) is 412 Å². The van der Waals surface area contributed by atoms with Crippen LogP contribution in [0.3, 0.4) is 0 Å². The maximum Gasteiger partial charge on any atom is 0.306 e. The Labute approximate surface area is 518 Å². The summed E-state index contributed by atoms with van der Waals surface area (Å²) < 4.78 is 17.0. The third kappa shape index (κ3) is 70.0. The molecule has 0 aliphatic carbocycles. The van der Waals surface area contributed by atoms with E-state index in [4.69, 9.17) is 14.2 Å². The first kappa shape index (κ1) is 80.4. The predicted octanol–water partition coefficient (Wildman–Crippen LogP) is 25.7. The molecule has 0 aromatic heterocycles. The lowest BCUT2D eigenvalue weighted by molar-refractivity contribution is -0.167. The zero-order chi connectivity index (χ0) is 59.9. The third-order valence-electron chi connectivity index (χ3n) is 16.8. The van der Waals surface area contributed by atoms with Crippen molar-refractivity contribution in [3.8, 4) is 0 Å². The van der Waals surface area contributed by atoms with Crippen molar-refractivity contribution in [3.63, 3.8) is 0 Å². The van der Waals surface area contributed by atoms with Crippen LogP contribution < -0.4 is 0 Å². The average molecular weight is 1160 g/mol. The zero-order valence-electron chi connectivity index (χ0n) is 56.0. The quantitative estimate of drug-likeness (QED) is 0.0261. The van der Waals surface area contributed by atoms with Crippen LogP contribution in [-0.4, -0.2) is 37.2 Å². The van der Waals surface area contributed by atoms with Gasteiger partial charge in [-0.25, -0.2) is 0 Å². The van der Waals surface area contributed by atoms with Gasteiger partial charge in [0, 0.05) is 19.3 Å². The van der Waals surface area contributed by atoms with Crippen molar-refractivity contribution in [2.24, 2.45) is 0 Å². The molecule has 1 unspecified atom stereocenters. The van der Waals surface area contributed by atoms with Gasteiger partial charge in [-0.3, -0.25) is 14.4 Å². The Bertz CT molecular complexity index is 1430. The van der Waals surface area contributed by atoms with Gasteiger partial charge in [-0.2, -0.15) is 0 Å². The molecule has 486 valence electrons. The van der Waals surface area contributed by atoms with Crippen LogP contribution >= 0.6 is 0 Å². The van der Waals surface area contributed by atoms with E-state index in [0.29, 0.717) is 19.3 Å². The molecule has 0 aromatic rings. The number of esters is 3. The Morgan fingerprint density at radius 3 is 0.735 bits per heavy atom. The molecule has 0 N–H and O–H groups in total. The highest BCUT2D eigenvalue weighted by Gasteiger charge is 2.20. The van der Waals surface area contributed by atoms with Crippen molar-refractivity contribution >= 4 is 17.9 Å². The molecule has 0 spiro atoms. The van der Waals surface area contributed by atoms with E-state index in [-0.39, 0.29) is 31.1 Å². The molecule has 0 aliphatic rings. The number of hydrogen-bond acceptors (Lipinski definition) is 6. The molecule has 0 bridgehead atoms. The Balaban J connectivity index is 4.10. The molecule has 0 radical (unpaired) electrons. The minimum Gasteiger partial charge on any atom is -0.462 e. The topological polar surface area (TPSA) is 78.9 Å². The van der Waals surface area contributed by atoms with Crippen molar-refractivity contribution in [1.29, 1.82) is 0 Å². The number of carbonyl (C=O) groups excluding carboxylic acids is 3. The molecule has 6 nitrogen and oxygen atoms in total. The summed E-state index contributed by atoms with van der Waals surface area (Å²) in [7, 11) is 0. The largest absolute Gasteiger partial charge is 0.462 e. The lowest BCUT2D eigenvalue weighted by atomic mass is 10.0. The molecule has 0 aliphatic heterocycles. The van der Waals surface area contributed by atoms with E-state index in [1.54, 1.807) is 0 Å². The Kier molecular flexibility index (Phi) is 69.6. The van der Waals surface area contributed by atoms with E-state index >= 15 is 0 Å². The van der Waals surface area contributed by atoms with Crippen LogP contribution in [0.15, 0.2) is 48.6 Å². The number of hydrogen-bond donors (Lipinski definition) is 0. The summed E-state index contributed by atoms with van der Waals surface area (Å²) in [4.78, 5) is 38.4. The molecule has 0 saturated heterocycles. The highest BCUT2D eigenvalue weighted by Crippen LogP contribution is 2.19. The van der Waals surface area contributed by atoms with Crippen LogP contribution in [0.2, 0.25) is 0 Å². The van der Waals surface area contributed by atoms with Gasteiger partial charge < -0.3 is 14.2 Å². The van der Waals surface area contributed by atoms with E-state index in [1.165, 1.54) is 283 Å². The normalized spacial score (nSPS) is 12.3. The summed E-state index contributed by atoms with van der Waals surface area (Å²) in [5, 5.41) is 0. The van der Waals surface area contributed by atoms with Gasteiger partial charge >= 0.3 is 17.9 Å². The minimum absolute atomic E-state index is 0.0657. The maximum atomic E-state index is 13.0. The Morgan fingerprint density at radius 1 is 0.253 bits per heavy atom. The molecular weight excluding hydrogens is 1020 g/mol. The highest BCUT2D eigenvalue weighted by molar-refractivity contribution is 5.71. The van der Waals surface area contributed by atoms with Crippen molar-refractivity contribution < 1.29 is 28.6 Å². The fourth-order valence-electron chi connectivity index (χ4n) is 11.3. The Morgan fingerprint density at radius 2 is 0.470 bits per heavy atom. The Hall–Kier alpha value is -2.63. The van der Waals surface area contributed by atoms with Crippen molar-refractivity contribution in [2.75, 3.05) is 13.2 Å². The molecule has 0 amide bonds. The van der Waals surface area contributed by atoms with E-state index in [2.05, 4.69) is 69.4 Å². The molecular formula is C77H142O6. The van der Waals surface area contributed by atoms with E-state index in [9.17, 15) is 14.4 Å². The number of unbranched alkanes of at least 4 members (excludes halogenated alkanes) is 50. The van der Waals surface area contributed by atoms with Gasteiger partial charge in [0.15, 0.2) is 6.10 Å². The van der Waals surface area contributed by atoms with Gasteiger partial charge in [-0.15, -0.1) is 0 Å². The number of carbonyl (C=O) groups is 3. The van der Waals surface area contributed by atoms with Crippen LogP contribution in [-0.2, 0) is 28.6 Å². The van der Waals surface area contributed by atoms with Crippen LogP contribution in [0.5, 0.6) is 0 Å². The lowest BCUT2D eigenvalue weighted by Crippen LogP contribution is -2.30. The van der Waals surface area contributed by atoms with E-state index < -0.39 is 6.10 Å². The van der Waals surface area contributed by atoms with Crippen LogP contribution in [0.1, 0.15) is 406 Å². The summed E-state index contributed by atoms with van der Waals surface area (Å²) in [6, 6.07) is 0. The van der Waals surface area contributed by atoms with E-state index in [0.717, 1.165) is 83.5 Å². The summed E-state index contributed by atoms with van der Waals surface area (Å²) in [6.45, 7) is 6.59. The molecule has 0 aromatic carbocycles. The fourth-order valence-corrected chi connectivity index (χ4v) is 11.3. The maximum absolute atomic E-state index is 13.0. The second kappa shape index (κ2) is 71.8. The monoisotopic (exact) mass is 1160 g/mol. The number of rotatable bonds is 69. The predicted molar refractivity (Wildman–Crippen MR) is 362 cm³/mol. The number of allylic oxidation sites excluding steroid dienone is 8. The van der Waals surface area contributed by atoms with Crippen LogP contribution in [0.4, 0.5) is 0 Å². The molecule has 0 heterocycles. The summed E-state index contributed by atoms with van der Waals surface area (Å²) in [5.74, 6) is -0.836. The lowest BCUT2D eigenvalue weighted by Gasteiger charge is -2.18.